The minimum absolute atomic E-state index is 0.0189. The highest BCUT2D eigenvalue weighted by atomic mass is 32.1. The van der Waals surface area contributed by atoms with Crippen LogP contribution in [0.5, 0.6) is 11.5 Å². The van der Waals surface area contributed by atoms with Crippen molar-refractivity contribution in [1.82, 2.24) is 9.80 Å². The third-order valence-electron chi connectivity index (χ3n) is 6.00. The summed E-state index contributed by atoms with van der Waals surface area (Å²) in [4.78, 5) is 32.1. The molecule has 4 rings (SSSR count). The van der Waals surface area contributed by atoms with Crippen molar-refractivity contribution >= 4 is 34.5 Å². The minimum Gasteiger partial charge on any atom is -0.493 e. The predicted octanol–water partition coefficient (Wildman–Crippen LogP) is 4.50. The van der Waals surface area contributed by atoms with Crippen LogP contribution in [0.4, 0.5) is 0 Å². The number of thiophene rings is 2. The SMILES string of the molecule is COCCCN(CC(=O)N1CCc2sccc2C1COc1ccccc1OC)C(=O)c1cccs1. The Morgan fingerprint density at radius 2 is 1.89 bits per heavy atom. The highest BCUT2D eigenvalue weighted by molar-refractivity contribution is 7.12. The maximum absolute atomic E-state index is 13.6. The van der Waals surface area contributed by atoms with Crippen LogP contribution < -0.4 is 9.47 Å². The molecule has 0 saturated heterocycles. The Hall–Kier alpha value is -2.88. The number of para-hydroxylation sites is 2. The van der Waals surface area contributed by atoms with Crippen molar-refractivity contribution < 1.29 is 23.8 Å². The van der Waals surface area contributed by atoms with Gasteiger partial charge in [-0.3, -0.25) is 9.59 Å². The Morgan fingerprint density at radius 1 is 1.06 bits per heavy atom. The number of amides is 2. The third kappa shape index (κ3) is 6.04. The van der Waals surface area contributed by atoms with Gasteiger partial charge in [0.1, 0.15) is 13.2 Å². The monoisotopic (exact) mass is 514 g/mol. The van der Waals surface area contributed by atoms with E-state index in [0.29, 0.717) is 49.1 Å². The zero-order valence-electron chi connectivity index (χ0n) is 20.0. The van der Waals surface area contributed by atoms with Crippen molar-refractivity contribution in [2.45, 2.75) is 18.9 Å². The van der Waals surface area contributed by atoms with Crippen LogP contribution in [0, 0.1) is 0 Å². The molecule has 1 unspecified atom stereocenters. The second-order valence-corrected chi connectivity index (χ2v) is 10.1. The molecule has 0 fully saturated rings. The topological polar surface area (TPSA) is 68.3 Å². The molecule has 2 amide bonds. The van der Waals surface area contributed by atoms with Crippen LogP contribution in [0.3, 0.4) is 0 Å². The summed E-state index contributed by atoms with van der Waals surface area (Å²) >= 11 is 3.09. The van der Waals surface area contributed by atoms with Crippen LogP contribution in [0.25, 0.3) is 0 Å². The molecule has 3 heterocycles. The first-order chi connectivity index (χ1) is 17.1. The Morgan fingerprint density at radius 3 is 2.63 bits per heavy atom. The van der Waals surface area contributed by atoms with Crippen LogP contribution >= 0.6 is 22.7 Å². The molecule has 0 aliphatic carbocycles. The molecule has 3 aromatic rings. The summed E-state index contributed by atoms with van der Waals surface area (Å²) < 4.78 is 16.7. The van der Waals surface area contributed by atoms with Gasteiger partial charge in [-0.2, -0.15) is 0 Å². The van der Waals surface area contributed by atoms with Gasteiger partial charge in [-0.1, -0.05) is 18.2 Å². The van der Waals surface area contributed by atoms with Gasteiger partial charge < -0.3 is 24.0 Å². The van der Waals surface area contributed by atoms with E-state index in [1.165, 1.54) is 16.2 Å². The third-order valence-corrected chi connectivity index (χ3v) is 7.86. The van der Waals surface area contributed by atoms with Crippen molar-refractivity contribution in [1.29, 1.82) is 0 Å². The van der Waals surface area contributed by atoms with Gasteiger partial charge in [0.15, 0.2) is 11.5 Å². The van der Waals surface area contributed by atoms with E-state index in [0.717, 1.165) is 12.0 Å². The smallest absolute Gasteiger partial charge is 0.264 e. The van der Waals surface area contributed by atoms with E-state index in [2.05, 4.69) is 11.4 Å². The zero-order chi connectivity index (χ0) is 24.6. The number of carbonyl (C=O) groups is 2. The van der Waals surface area contributed by atoms with Gasteiger partial charge in [-0.05, 0) is 53.4 Å². The lowest BCUT2D eigenvalue weighted by molar-refractivity contribution is -0.135. The molecule has 186 valence electrons. The summed E-state index contributed by atoms with van der Waals surface area (Å²) in [5, 5.41) is 3.93. The Balaban J connectivity index is 1.52. The van der Waals surface area contributed by atoms with Crippen LogP contribution in [0.15, 0.2) is 53.2 Å². The number of methoxy groups -OCH3 is 2. The summed E-state index contributed by atoms with van der Waals surface area (Å²) in [6.45, 7) is 1.89. The molecule has 0 radical (unpaired) electrons. The highest BCUT2D eigenvalue weighted by Gasteiger charge is 2.34. The van der Waals surface area contributed by atoms with Crippen molar-refractivity contribution in [3.05, 3.63) is 68.5 Å². The van der Waals surface area contributed by atoms with Crippen LogP contribution in [-0.2, 0) is 16.0 Å². The Labute approximate surface area is 213 Å². The van der Waals surface area contributed by atoms with Crippen molar-refractivity contribution in [2.24, 2.45) is 0 Å². The van der Waals surface area contributed by atoms with Gasteiger partial charge in [0, 0.05) is 31.7 Å². The van der Waals surface area contributed by atoms with Crippen LogP contribution in [-0.4, -0.2) is 68.7 Å². The zero-order valence-corrected chi connectivity index (χ0v) is 21.6. The normalized spacial score (nSPS) is 14.9. The Bertz CT molecular complexity index is 1110. The maximum atomic E-state index is 13.6. The van der Waals surface area contributed by atoms with Gasteiger partial charge in [0.2, 0.25) is 5.91 Å². The first-order valence-electron chi connectivity index (χ1n) is 11.6. The minimum atomic E-state index is -0.236. The fraction of sp³-hybridized carbons (Fsp3) is 0.385. The number of nitrogens with zero attached hydrogens (tertiary/aromatic N) is 2. The number of benzene rings is 1. The molecule has 9 heteroatoms. The fourth-order valence-electron chi connectivity index (χ4n) is 4.24. The van der Waals surface area contributed by atoms with Crippen LogP contribution in [0.2, 0.25) is 0 Å². The highest BCUT2D eigenvalue weighted by Crippen LogP contribution is 2.35. The van der Waals surface area contributed by atoms with Gasteiger partial charge in [-0.15, -0.1) is 22.7 Å². The first-order valence-corrected chi connectivity index (χ1v) is 13.3. The molecule has 0 bridgehead atoms. The van der Waals surface area contributed by atoms with Crippen molar-refractivity contribution in [2.75, 3.05) is 47.1 Å². The summed E-state index contributed by atoms with van der Waals surface area (Å²) in [5.41, 5.74) is 1.11. The van der Waals surface area contributed by atoms with E-state index in [1.807, 2.05) is 40.6 Å². The van der Waals surface area contributed by atoms with E-state index >= 15 is 0 Å². The average molecular weight is 515 g/mol. The van der Waals surface area contributed by atoms with Crippen LogP contribution in [0.1, 0.15) is 32.6 Å². The Kier molecular flexibility index (Phi) is 8.79. The molecule has 7 nitrogen and oxygen atoms in total. The molecule has 1 atom stereocenters. The standard InChI is InChI=1S/C26H30N2O5S2/c1-31-14-6-12-27(26(30)24-9-5-15-34-24)17-25(29)28-13-10-23-19(11-16-35-23)20(28)18-33-22-8-4-3-7-21(22)32-2/h3-5,7-9,11,15-16,20H,6,10,12-14,17-18H2,1-2H3. The molecule has 0 saturated carbocycles. The lowest BCUT2D eigenvalue weighted by atomic mass is 10.0. The number of hydrogen-bond donors (Lipinski definition) is 0. The van der Waals surface area contributed by atoms with Gasteiger partial charge in [-0.25, -0.2) is 0 Å². The number of ether oxygens (including phenoxy) is 3. The molecular weight excluding hydrogens is 484 g/mol. The number of carbonyl (C=O) groups excluding carboxylic acids is 2. The summed E-state index contributed by atoms with van der Waals surface area (Å²) in [6.07, 6.45) is 1.46. The van der Waals surface area contributed by atoms with Gasteiger partial charge in [0.25, 0.3) is 5.91 Å². The van der Waals surface area contributed by atoms with Gasteiger partial charge >= 0.3 is 0 Å². The lowest BCUT2D eigenvalue weighted by Gasteiger charge is -2.37. The van der Waals surface area contributed by atoms with E-state index in [-0.39, 0.29) is 24.4 Å². The first kappa shape index (κ1) is 25.2. The average Bonchev–Trinajstić information content (AvgIpc) is 3.59. The fourth-order valence-corrected chi connectivity index (χ4v) is 5.86. The molecule has 0 spiro atoms. The largest absolute Gasteiger partial charge is 0.493 e. The molecule has 2 aromatic heterocycles. The van der Waals surface area contributed by atoms with E-state index in [9.17, 15) is 9.59 Å². The number of rotatable bonds is 11. The second-order valence-electron chi connectivity index (χ2n) is 8.16. The molecular formula is C26H30N2O5S2. The molecule has 1 aliphatic heterocycles. The van der Waals surface area contributed by atoms with E-state index < -0.39 is 0 Å². The molecule has 1 aliphatic rings. The maximum Gasteiger partial charge on any atom is 0.264 e. The summed E-state index contributed by atoms with van der Waals surface area (Å²) in [5.74, 6) is 1.08. The summed E-state index contributed by atoms with van der Waals surface area (Å²) in [6, 6.07) is 13.0. The van der Waals surface area contributed by atoms with E-state index in [1.54, 1.807) is 36.5 Å². The van der Waals surface area contributed by atoms with Crippen molar-refractivity contribution in [3.63, 3.8) is 0 Å². The molecule has 1 aromatic carbocycles. The molecule has 35 heavy (non-hydrogen) atoms. The van der Waals surface area contributed by atoms with Crippen molar-refractivity contribution in [3.8, 4) is 11.5 Å². The summed E-state index contributed by atoms with van der Waals surface area (Å²) in [7, 11) is 3.24. The number of hydrogen-bond acceptors (Lipinski definition) is 7. The second kappa shape index (κ2) is 12.2. The number of fused-ring (bicyclic) bond motifs is 1. The van der Waals surface area contributed by atoms with E-state index in [4.69, 9.17) is 14.2 Å². The van der Waals surface area contributed by atoms with Gasteiger partial charge in [0.05, 0.1) is 18.0 Å². The quantitative estimate of drug-likeness (QED) is 0.353. The lowest BCUT2D eigenvalue weighted by Crippen LogP contribution is -2.48. The molecule has 0 N–H and O–H groups in total. The predicted molar refractivity (Wildman–Crippen MR) is 138 cm³/mol.